The number of benzene rings is 2. The normalized spacial score (nSPS) is 13.2. The molecule has 1 heterocycles. The quantitative estimate of drug-likeness (QED) is 0.427. The van der Waals surface area contributed by atoms with Crippen LogP contribution in [-0.4, -0.2) is 38.7 Å². The van der Waals surface area contributed by atoms with E-state index in [1.54, 1.807) is 0 Å². The summed E-state index contributed by atoms with van der Waals surface area (Å²) in [5.74, 6) is 1.00. The molecule has 0 radical (unpaired) electrons. The van der Waals surface area contributed by atoms with E-state index >= 15 is 0 Å². The van der Waals surface area contributed by atoms with Gasteiger partial charge in [0, 0.05) is 18.7 Å². The maximum atomic E-state index is 5.12. The fraction of sp³-hybridized carbons (Fsp3) is 0.481. The zero-order valence-electron chi connectivity index (χ0n) is 19.8. The zero-order valence-corrected chi connectivity index (χ0v) is 19.8. The number of aliphatic imine (C=N–C) groups is 2. The highest BCUT2D eigenvalue weighted by atomic mass is 15.0. The molecule has 1 aliphatic rings. The average molecular weight is 419 g/mol. The number of rotatable bonds is 10. The van der Waals surface area contributed by atoms with Gasteiger partial charge in [0.2, 0.25) is 0 Å². The van der Waals surface area contributed by atoms with Gasteiger partial charge >= 0.3 is 0 Å². The SMILES string of the molecule is C=NCCNCCCc1c(C)cc(C2=Nc3cc(CC)cc(CC)c3CCN2)cc1C. The first-order valence-corrected chi connectivity index (χ1v) is 11.8. The second kappa shape index (κ2) is 11.2. The molecule has 0 aliphatic carbocycles. The minimum atomic E-state index is 0.782. The molecule has 0 atom stereocenters. The minimum absolute atomic E-state index is 0.782. The number of aryl methyl sites for hydroxylation is 4. The molecular weight excluding hydrogens is 380 g/mol. The second-order valence-corrected chi connectivity index (χ2v) is 8.49. The van der Waals surface area contributed by atoms with Crippen molar-refractivity contribution in [2.24, 2.45) is 9.98 Å². The number of fused-ring (bicyclic) bond motifs is 1. The smallest absolute Gasteiger partial charge is 0.133 e. The highest BCUT2D eigenvalue weighted by molar-refractivity contribution is 6.01. The number of nitrogens with one attached hydrogen (secondary N) is 2. The van der Waals surface area contributed by atoms with Crippen LogP contribution in [-0.2, 0) is 25.7 Å². The molecule has 0 fully saturated rings. The molecule has 0 amide bonds. The van der Waals surface area contributed by atoms with Crippen molar-refractivity contribution in [2.75, 3.05) is 26.2 Å². The van der Waals surface area contributed by atoms with Crippen LogP contribution in [0.2, 0.25) is 0 Å². The van der Waals surface area contributed by atoms with Gasteiger partial charge in [-0.15, -0.1) is 0 Å². The van der Waals surface area contributed by atoms with Gasteiger partial charge in [-0.3, -0.25) is 4.99 Å². The van der Waals surface area contributed by atoms with Crippen LogP contribution in [0, 0.1) is 13.8 Å². The number of hydrogen-bond acceptors (Lipinski definition) is 4. The Morgan fingerprint density at radius 2 is 1.84 bits per heavy atom. The fourth-order valence-electron chi connectivity index (χ4n) is 4.52. The molecule has 0 saturated carbocycles. The average Bonchev–Trinajstić information content (AvgIpc) is 2.99. The monoisotopic (exact) mass is 418 g/mol. The van der Waals surface area contributed by atoms with Crippen molar-refractivity contribution in [3.05, 3.63) is 63.2 Å². The summed E-state index contributed by atoms with van der Waals surface area (Å²) >= 11 is 0. The predicted molar refractivity (Wildman–Crippen MR) is 135 cm³/mol. The van der Waals surface area contributed by atoms with E-state index in [1.807, 2.05) is 0 Å². The van der Waals surface area contributed by atoms with Gasteiger partial charge in [0.15, 0.2) is 0 Å². The Labute approximate surface area is 188 Å². The first-order valence-electron chi connectivity index (χ1n) is 11.8. The lowest BCUT2D eigenvalue weighted by Crippen LogP contribution is -2.25. The molecule has 4 heteroatoms. The third kappa shape index (κ3) is 5.82. The Hall–Kier alpha value is -2.46. The van der Waals surface area contributed by atoms with Crippen molar-refractivity contribution in [3.8, 4) is 0 Å². The van der Waals surface area contributed by atoms with Gasteiger partial charge in [-0.25, -0.2) is 4.99 Å². The van der Waals surface area contributed by atoms with Crippen LogP contribution >= 0.6 is 0 Å². The second-order valence-electron chi connectivity index (χ2n) is 8.49. The zero-order chi connectivity index (χ0) is 22.2. The fourth-order valence-corrected chi connectivity index (χ4v) is 4.52. The van der Waals surface area contributed by atoms with Gasteiger partial charge in [-0.05, 0) is 111 Å². The minimum Gasteiger partial charge on any atom is -0.369 e. The molecule has 2 N–H and O–H groups in total. The molecule has 0 unspecified atom stereocenters. The van der Waals surface area contributed by atoms with E-state index in [9.17, 15) is 0 Å². The lowest BCUT2D eigenvalue weighted by atomic mass is 9.95. The van der Waals surface area contributed by atoms with Gasteiger partial charge < -0.3 is 10.6 Å². The molecule has 2 aromatic carbocycles. The van der Waals surface area contributed by atoms with Crippen molar-refractivity contribution in [3.63, 3.8) is 0 Å². The Morgan fingerprint density at radius 1 is 1.06 bits per heavy atom. The highest BCUT2D eigenvalue weighted by Gasteiger charge is 2.16. The van der Waals surface area contributed by atoms with E-state index in [2.05, 4.69) is 74.3 Å². The van der Waals surface area contributed by atoms with Crippen molar-refractivity contribution in [2.45, 2.75) is 59.8 Å². The summed E-state index contributed by atoms with van der Waals surface area (Å²) in [4.78, 5) is 9.01. The third-order valence-corrected chi connectivity index (χ3v) is 6.26. The van der Waals surface area contributed by atoms with E-state index < -0.39 is 0 Å². The Balaban J connectivity index is 1.82. The molecular formula is C27H38N4. The summed E-state index contributed by atoms with van der Waals surface area (Å²) in [6, 6.07) is 9.26. The maximum absolute atomic E-state index is 5.12. The van der Waals surface area contributed by atoms with Crippen molar-refractivity contribution < 1.29 is 0 Å². The Bertz CT molecular complexity index is 919. The van der Waals surface area contributed by atoms with Crippen LogP contribution in [0.15, 0.2) is 34.3 Å². The number of nitrogens with zero attached hydrogens (tertiary/aromatic N) is 2. The van der Waals surface area contributed by atoms with Gasteiger partial charge in [-0.2, -0.15) is 0 Å². The molecule has 0 bridgehead atoms. The van der Waals surface area contributed by atoms with Gasteiger partial charge in [0.1, 0.15) is 5.84 Å². The van der Waals surface area contributed by atoms with Gasteiger partial charge in [-0.1, -0.05) is 19.9 Å². The molecule has 31 heavy (non-hydrogen) atoms. The van der Waals surface area contributed by atoms with E-state index in [0.717, 1.165) is 69.8 Å². The molecule has 2 aromatic rings. The van der Waals surface area contributed by atoms with Crippen LogP contribution in [0.5, 0.6) is 0 Å². The summed E-state index contributed by atoms with van der Waals surface area (Å²) in [7, 11) is 0. The summed E-state index contributed by atoms with van der Waals surface area (Å²) < 4.78 is 0. The molecule has 166 valence electrons. The summed E-state index contributed by atoms with van der Waals surface area (Å²) in [5, 5.41) is 7.04. The lowest BCUT2D eigenvalue weighted by Gasteiger charge is -2.15. The molecule has 0 aromatic heterocycles. The summed E-state index contributed by atoms with van der Waals surface area (Å²) in [5.41, 5.74) is 10.7. The summed E-state index contributed by atoms with van der Waals surface area (Å²) in [6.45, 7) is 16.1. The van der Waals surface area contributed by atoms with Crippen LogP contribution < -0.4 is 10.6 Å². The molecule has 3 rings (SSSR count). The topological polar surface area (TPSA) is 48.8 Å². The van der Waals surface area contributed by atoms with Crippen molar-refractivity contribution in [1.82, 2.24) is 10.6 Å². The van der Waals surface area contributed by atoms with Crippen LogP contribution in [0.4, 0.5) is 5.69 Å². The van der Waals surface area contributed by atoms with Gasteiger partial charge in [0.05, 0.1) is 12.2 Å². The van der Waals surface area contributed by atoms with Crippen LogP contribution in [0.25, 0.3) is 0 Å². The molecule has 0 spiro atoms. The third-order valence-electron chi connectivity index (χ3n) is 6.26. The molecule has 4 nitrogen and oxygen atoms in total. The van der Waals surface area contributed by atoms with Crippen LogP contribution in [0.3, 0.4) is 0 Å². The lowest BCUT2D eigenvalue weighted by molar-refractivity contribution is 0.653. The number of amidine groups is 1. The highest BCUT2D eigenvalue weighted by Crippen LogP contribution is 2.29. The Morgan fingerprint density at radius 3 is 2.52 bits per heavy atom. The maximum Gasteiger partial charge on any atom is 0.133 e. The van der Waals surface area contributed by atoms with Crippen LogP contribution in [0.1, 0.15) is 59.2 Å². The standard InChI is InChI=1S/C27H38N4/c1-6-21-17-22(7-2)25-10-12-30-27(31-26(25)18-21)23-15-19(3)24(20(4)16-23)9-8-11-29-14-13-28-5/h15-18,29H,5-14H2,1-4H3,(H,30,31). The Kier molecular flexibility index (Phi) is 8.42. The van der Waals surface area contributed by atoms with Crippen molar-refractivity contribution >= 4 is 18.2 Å². The molecule has 0 saturated heterocycles. The van der Waals surface area contributed by atoms with Crippen molar-refractivity contribution in [1.29, 1.82) is 0 Å². The van der Waals surface area contributed by atoms with E-state index in [4.69, 9.17) is 4.99 Å². The first-order chi connectivity index (χ1) is 15.1. The van der Waals surface area contributed by atoms with E-state index in [1.165, 1.54) is 38.9 Å². The predicted octanol–water partition coefficient (Wildman–Crippen LogP) is 4.88. The largest absolute Gasteiger partial charge is 0.369 e. The number of hydrogen-bond donors (Lipinski definition) is 2. The van der Waals surface area contributed by atoms with Gasteiger partial charge in [0.25, 0.3) is 0 Å². The summed E-state index contributed by atoms with van der Waals surface area (Å²) in [6.07, 6.45) is 5.36. The van der Waals surface area contributed by atoms with E-state index in [-0.39, 0.29) is 0 Å². The first kappa shape index (κ1) is 23.2. The van der Waals surface area contributed by atoms with E-state index in [0.29, 0.717) is 0 Å². The molecule has 1 aliphatic heterocycles.